The number of likely N-dealkylation sites (tertiary alicyclic amines) is 1. The van der Waals surface area contributed by atoms with Gasteiger partial charge >= 0.3 is 5.69 Å². The Labute approximate surface area is 169 Å². The van der Waals surface area contributed by atoms with Gasteiger partial charge in [0.05, 0.1) is 34.8 Å². The van der Waals surface area contributed by atoms with E-state index < -0.39 is 0 Å². The largest absolute Gasteiger partial charge is 0.391 e. The standard InChI is InChI=1S/C20H21N5O3S/c1-11-5-7-24(19(27)16-3-2-12(10-26)29-16)9-15(11)25-17-13-4-6-21-18(13)22-8-14(17)23-20(25)28/h2-4,6,8,11,15,26H,5,7,9-10H2,1H3,(H,21,22)(H,23,28)/t11-,15+/m0/s1. The lowest BCUT2D eigenvalue weighted by molar-refractivity contribution is 0.0627. The van der Waals surface area contributed by atoms with Gasteiger partial charge in [0.2, 0.25) is 0 Å². The maximum absolute atomic E-state index is 13.0. The fourth-order valence-corrected chi connectivity index (χ4v) is 5.08. The molecule has 8 nitrogen and oxygen atoms in total. The molecule has 1 saturated heterocycles. The van der Waals surface area contributed by atoms with Crippen LogP contribution in [0.5, 0.6) is 0 Å². The van der Waals surface area contributed by atoms with Crippen molar-refractivity contribution >= 4 is 39.3 Å². The molecule has 0 aliphatic carbocycles. The number of rotatable bonds is 3. The minimum Gasteiger partial charge on any atom is -0.391 e. The van der Waals surface area contributed by atoms with Crippen molar-refractivity contribution < 1.29 is 9.90 Å². The number of aliphatic hydroxyl groups excluding tert-OH is 1. The predicted molar refractivity (Wildman–Crippen MR) is 111 cm³/mol. The molecule has 4 aromatic rings. The van der Waals surface area contributed by atoms with E-state index in [0.29, 0.717) is 23.5 Å². The first-order valence-corrected chi connectivity index (χ1v) is 10.4. The third-order valence-corrected chi connectivity index (χ3v) is 6.88. The molecule has 0 unspecified atom stereocenters. The molecule has 0 saturated carbocycles. The number of piperidine rings is 1. The van der Waals surface area contributed by atoms with Crippen molar-refractivity contribution in [3.8, 4) is 0 Å². The fraction of sp³-hybridized carbons (Fsp3) is 0.350. The SMILES string of the molecule is C[C@H]1CCN(C(=O)c2ccc(CO)s2)C[C@H]1n1c(=O)[nH]c2cnc3[nH]ccc3c21. The first-order valence-electron chi connectivity index (χ1n) is 9.62. The smallest absolute Gasteiger partial charge is 0.326 e. The van der Waals surface area contributed by atoms with Gasteiger partial charge in [-0.1, -0.05) is 6.92 Å². The monoisotopic (exact) mass is 411 g/mol. The Bertz CT molecular complexity index is 1270. The lowest BCUT2D eigenvalue weighted by Gasteiger charge is -2.37. The summed E-state index contributed by atoms with van der Waals surface area (Å²) in [6.45, 7) is 3.18. The molecule has 1 aliphatic heterocycles. The van der Waals surface area contributed by atoms with Crippen LogP contribution >= 0.6 is 11.3 Å². The second-order valence-electron chi connectivity index (χ2n) is 7.57. The van der Waals surface area contributed by atoms with Crippen LogP contribution < -0.4 is 5.69 Å². The summed E-state index contributed by atoms with van der Waals surface area (Å²) in [4.78, 5) is 39.5. The summed E-state index contributed by atoms with van der Waals surface area (Å²) < 4.78 is 1.80. The number of nitrogens with zero attached hydrogens (tertiary/aromatic N) is 3. The number of carbonyl (C=O) groups is 1. The number of carbonyl (C=O) groups excluding carboxylic acids is 1. The highest BCUT2D eigenvalue weighted by Crippen LogP contribution is 2.32. The van der Waals surface area contributed by atoms with E-state index in [1.807, 2.05) is 17.2 Å². The van der Waals surface area contributed by atoms with Crippen molar-refractivity contribution in [3.63, 3.8) is 0 Å². The molecule has 150 valence electrons. The van der Waals surface area contributed by atoms with Gasteiger partial charge in [0.1, 0.15) is 5.65 Å². The number of hydrogen-bond acceptors (Lipinski definition) is 5. The van der Waals surface area contributed by atoms with Crippen LogP contribution in [0.4, 0.5) is 0 Å². The third kappa shape index (κ3) is 2.89. The molecule has 0 bridgehead atoms. The zero-order valence-corrected chi connectivity index (χ0v) is 16.7. The van der Waals surface area contributed by atoms with Crippen LogP contribution in [-0.4, -0.2) is 48.5 Å². The molecule has 5 rings (SSSR count). The maximum atomic E-state index is 13.0. The molecule has 0 spiro atoms. The number of imidazole rings is 1. The van der Waals surface area contributed by atoms with Gasteiger partial charge in [-0.25, -0.2) is 9.78 Å². The summed E-state index contributed by atoms with van der Waals surface area (Å²) in [5.41, 5.74) is 2.08. The summed E-state index contributed by atoms with van der Waals surface area (Å²) in [6, 6.07) is 5.33. The average Bonchev–Trinajstić information content (AvgIpc) is 3.45. The van der Waals surface area contributed by atoms with Gasteiger partial charge in [0, 0.05) is 29.5 Å². The van der Waals surface area contributed by atoms with E-state index in [9.17, 15) is 14.7 Å². The summed E-state index contributed by atoms with van der Waals surface area (Å²) >= 11 is 1.31. The fourth-order valence-electron chi connectivity index (χ4n) is 4.24. The zero-order chi connectivity index (χ0) is 20.1. The van der Waals surface area contributed by atoms with Crippen molar-refractivity contribution in [3.05, 3.63) is 50.8 Å². The number of pyridine rings is 1. The number of hydrogen-bond donors (Lipinski definition) is 3. The lowest BCUT2D eigenvalue weighted by atomic mass is 9.93. The maximum Gasteiger partial charge on any atom is 0.326 e. The van der Waals surface area contributed by atoms with Crippen molar-refractivity contribution in [1.29, 1.82) is 0 Å². The van der Waals surface area contributed by atoms with E-state index in [1.165, 1.54) is 11.3 Å². The number of fused-ring (bicyclic) bond motifs is 3. The lowest BCUT2D eigenvalue weighted by Crippen LogP contribution is -2.45. The Balaban J connectivity index is 1.55. The average molecular weight is 411 g/mol. The zero-order valence-electron chi connectivity index (χ0n) is 15.9. The van der Waals surface area contributed by atoms with Gasteiger partial charge in [-0.3, -0.25) is 9.36 Å². The summed E-state index contributed by atoms with van der Waals surface area (Å²) in [5.74, 6) is 0.196. The molecule has 4 aromatic heterocycles. The normalized spacial score (nSPS) is 20.0. The van der Waals surface area contributed by atoms with E-state index in [2.05, 4.69) is 21.9 Å². The summed E-state index contributed by atoms with van der Waals surface area (Å²) in [7, 11) is 0. The van der Waals surface area contributed by atoms with Gasteiger partial charge in [-0.2, -0.15) is 0 Å². The van der Waals surface area contributed by atoms with E-state index in [-0.39, 0.29) is 30.2 Å². The van der Waals surface area contributed by atoms with E-state index in [4.69, 9.17) is 0 Å². The molecular weight excluding hydrogens is 390 g/mol. The van der Waals surface area contributed by atoms with E-state index in [0.717, 1.165) is 27.8 Å². The molecule has 1 amide bonds. The Hall–Kier alpha value is -2.91. The molecular formula is C20H21N5O3S. The number of aromatic nitrogens is 4. The molecule has 1 aliphatic rings. The number of H-pyrrole nitrogens is 2. The number of amides is 1. The van der Waals surface area contributed by atoms with Crippen molar-refractivity contribution in [1.82, 2.24) is 24.4 Å². The van der Waals surface area contributed by atoms with Crippen LogP contribution in [0.25, 0.3) is 22.1 Å². The highest BCUT2D eigenvalue weighted by molar-refractivity contribution is 7.14. The van der Waals surface area contributed by atoms with Crippen molar-refractivity contribution in [2.45, 2.75) is 26.0 Å². The molecule has 3 N–H and O–H groups in total. The molecule has 29 heavy (non-hydrogen) atoms. The van der Waals surface area contributed by atoms with Gasteiger partial charge < -0.3 is 20.0 Å². The second-order valence-corrected chi connectivity index (χ2v) is 8.74. The first kappa shape index (κ1) is 18.1. The van der Waals surface area contributed by atoms with Gasteiger partial charge in [0.25, 0.3) is 5.91 Å². The quantitative estimate of drug-likeness (QED) is 0.481. The number of aromatic amines is 2. The van der Waals surface area contributed by atoms with Crippen LogP contribution in [0.3, 0.4) is 0 Å². The Morgan fingerprint density at radius 2 is 2.24 bits per heavy atom. The van der Waals surface area contributed by atoms with Gasteiger partial charge in [0.15, 0.2) is 0 Å². The van der Waals surface area contributed by atoms with Crippen LogP contribution in [0.2, 0.25) is 0 Å². The van der Waals surface area contributed by atoms with Crippen molar-refractivity contribution in [2.75, 3.05) is 13.1 Å². The predicted octanol–water partition coefficient (Wildman–Crippen LogP) is 2.48. The minimum atomic E-state index is -0.180. The molecule has 0 radical (unpaired) electrons. The van der Waals surface area contributed by atoms with Crippen LogP contribution in [-0.2, 0) is 6.61 Å². The van der Waals surface area contributed by atoms with Crippen LogP contribution in [0.15, 0.2) is 35.4 Å². The molecule has 5 heterocycles. The number of thiophene rings is 1. The number of aliphatic hydroxyl groups is 1. The highest BCUT2D eigenvalue weighted by Gasteiger charge is 2.33. The molecule has 0 aromatic carbocycles. The van der Waals surface area contributed by atoms with Crippen molar-refractivity contribution in [2.24, 2.45) is 5.92 Å². The highest BCUT2D eigenvalue weighted by atomic mass is 32.1. The van der Waals surface area contributed by atoms with Gasteiger partial charge in [-0.05, 0) is 30.5 Å². The Morgan fingerprint density at radius 1 is 1.38 bits per heavy atom. The molecule has 9 heteroatoms. The summed E-state index contributed by atoms with van der Waals surface area (Å²) in [5, 5.41) is 10.2. The summed E-state index contributed by atoms with van der Waals surface area (Å²) in [6.07, 6.45) is 4.30. The molecule has 2 atom stereocenters. The second kappa shape index (κ2) is 6.85. The third-order valence-electron chi connectivity index (χ3n) is 5.83. The van der Waals surface area contributed by atoms with Gasteiger partial charge in [-0.15, -0.1) is 11.3 Å². The number of nitrogens with one attached hydrogen (secondary N) is 2. The topological polar surface area (TPSA) is 107 Å². The minimum absolute atomic E-state index is 0.0482. The molecule has 1 fully saturated rings. The first-order chi connectivity index (χ1) is 14.1. The van der Waals surface area contributed by atoms with E-state index >= 15 is 0 Å². The van der Waals surface area contributed by atoms with E-state index in [1.54, 1.807) is 22.9 Å². The Morgan fingerprint density at radius 3 is 3.03 bits per heavy atom. The Kier molecular flexibility index (Phi) is 4.29. The van der Waals surface area contributed by atoms with Crippen LogP contribution in [0, 0.1) is 5.92 Å². The van der Waals surface area contributed by atoms with Crippen LogP contribution in [0.1, 0.15) is 33.9 Å².